The van der Waals surface area contributed by atoms with Crippen molar-refractivity contribution in [2.45, 2.75) is 0 Å². The molecule has 2 aromatic heterocycles. The van der Waals surface area contributed by atoms with Crippen molar-refractivity contribution in [2.24, 2.45) is 7.05 Å². The van der Waals surface area contributed by atoms with Crippen LogP contribution < -0.4 is 4.90 Å². The van der Waals surface area contributed by atoms with Crippen molar-refractivity contribution in [1.82, 2.24) is 24.6 Å². The zero-order valence-corrected chi connectivity index (χ0v) is 14.1. The van der Waals surface area contributed by atoms with Gasteiger partial charge in [0.15, 0.2) is 0 Å². The van der Waals surface area contributed by atoms with Crippen LogP contribution in [-0.4, -0.2) is 56.7 Å². The van der Waals surface area contributed by atoms with Crippen molar-refractivity contribution in [2.75, 3.05) is 31.1 Å². The van der Waals surface area contributed by atoms with Crippen LogP contribution in [-0.2, 0) is 7.05 Å². The number of H-pyrrole nitrogens is 1. The quantitative estimate of drug-likeness (QED) is 0.791. The first-order valence-electron chi connectivity index (χ1n) is 8.35. The number of nitrogens with zero attached hydrogens (tertiary/aromatic N) is 5. The molecule has 1 fully saturated rings. The van der Waals surface area contributed by atoms with Crippen LogP contribution >= 0.6 is 0 Å². The second-order valence-electron chi connectivity index (χ2n) is 6.12. The number of hydrogen-bond donors (Lipinski definition) is 1. The van der Waals surface area contributed by atoms with Gasteiger partial charge in [0, 0.05) is 57.4 Å². The monoisotopic (exact) mass is 336 g/mol. The van der Waals surface area contributed by atoms with Crippen molar-refractivity contribution in [3.63, 3.8) is 0 Å². The Labute approximate surface area is 145 Å². The van der Waals surface area contributed by atoms with E-state index in [4.69, 9.17) is 0 Å². The fourth-order valence-corrected chi connectivity index (χ4v) is 3.18. The summed E-state index contributed by atoms with van der Waals surface area (Å²) in [5.74, 6) is 0.893. The average molecular weight is 336 g/mol. The van der Waals surface area contributed by atoms with Gasteiger partial charge in [-0.15, -0.1) is 0 Å². The number of rotatable bonds is 3. The molecule has 1 aromatic carbocycles. The normalized spacial score (nSPS) is 14.8. The largest absolute Gasteiger partial charge is 0.339 e. The zero-order chi connectivity index (χ0) is 17.2. The molecule has 1 amide bonds. The number of anilines is 1. The third-order valence-electron chi connectivity index (χ3n) is 4.46. The van der Waals surface area contributed by atoms with Crippen LogP contribution in [0.4, 0.5) is 5.95 Å². The van der Waals surface area contributed by atoms with Crippen LogP contribution in [0.2, 0.25) is 0 Å². The van der Waals surface area contributed by atoms with E-state index in [0.717, 1.165) is 30.3 Å². The fourth-order valence-electron chi connectivity index (χ4n) is 3.18. The molecule has 1 N–H and O–H groups in total. The molecule has 1 aliphatic heterocycles. The van der Waals surface area contributed by atoms with Crippen molar-refractivity contribution >= 4 is 11.9 Å². The maximum absolute atomic E-state index is 13.0. The van der Waals surface area contributed by atoms with Gasteiger partial charge in [0.05, 0.1) is 5.56 Å². The number of nitrogens with one attached hydrogen (secondary N) is 1. The molecule has 0 saturated carbocycles. The van der Waals surface area contributed by atoms with E-state index in [0.29, 0.717) is 18.7 Å². The van der Waals surface area contributed by atoms with E-state index in [2.05, 4.69) is 20.0 Å². The van der Waals surface area contributed by atoms with Gasteiger partial charge in [-0.05, 0) is 0 Å². The van der Waals surface area contributed by atoms with E-state index in [9.17, 15) is 4.79 Å². The Kier molecular flexibility index (Phi) is 3.97. The van der Waals surface area contributed by atoms with Crippen LogP contribution in [0.5, 0.6) is 0 Å². The molecule has 1 aliphatic rings. The smallest absolute Gasteiger partial charge is 0.257 e. The molecule has 0 unspecified atom stereocenters. The molecular weight excluding hydrogens is 316 g/mol. The van der Waals surface area contributed by atoms with E-state index < -0.39 is 0 Å². The number of aromatic nitrogens is 4. The highest BCUT2D eigenvalue weighted by Gasteiger charge is 2.26. The van der Waals surface area contributed by atoms with Crippen molar-refractivity contribution in [1.29, 1.82) is 0 Å². The highest BCUT2D eigenvalue weighted by atomic mass is 16.2. The van der Waals surface area contributed by atoms with E-state index in [1.807, 2.05) is 54.7 Å². The Morgan fingerprint density at radius 2 is 1.88 bits per heavy atom. The summed E-state index contributed by atoms with van der Waals surface area (Å²) in [6.07, 6.45) is 5.37. The third kappa shape index (κ3) is 3.00. The summed E-state index contributed by atoms with van der Waals surface area (Å²) >= 11 is 0. The number of carbonyl (C=O) groups excluding carboxylic acids is 1. The summed E-state index contributed by atoms with van der Waals surface area (Å²) in [4.78, 5) is 24.5. The van der Waals surface area contributed by atoms with E-state index in [-0.39, 0.29) is 5.91 Å². The predicted molar refractivity (Wildman–Crippen MR) is 95.3 cm³/mol. The van der Waals surface area contributed by atoms with Crippen LogP contribution in [0.3, 0.4) is 0 Å². The molecular formula is C18H20N6O. The number of benzene rings is 1. The summed E-state index contributed by atoms with van der Waals surface area (Å²) in [5, 5.41) is 4.50. The van der Waals surface area contributed by atoms with Gasteiger partial charge < -0.3 is 14.8 Å². The molecule has 1 saturated heterocycles. The predicted octanol–water partition coefficient (Wildman–Crippen LogP) is 1.77. The molecule has 3 aromatic rings. The lowest BCUT2D eigenvalue weighted by Crippen LogP contribution is -2.49. The van der Waals surface area contributed by atoms with Gasteiger partial charge in [-0.3, -0.25) is 9.48 Å². The standard InChI is InChI=1S/C18H20N6O/c1-22-13-15(16(21-22)14-5-3-2-4-6-14)17(25)23-9-11-24(12-10-23)18-19-7-8-20-18/h2-8,13H,9-12H2,1H3,(H,19,20). The SMILES string of the molecule is Cn1cc(C(=O)N2CCN(c3ncc[nH]3)CC2)c(-c2ccccc2)n1. The lowest BCUT2D eigenvalue weighted by atomic mass is 10.1. The highest BCUT2D eigenvalue weighted by molar-refractivity contribution is 5.99. The Morgan fingerprint density at radius 1 is 1.12 bits per heavy atom. The molecule has 0 bridgehead atoms. The molecule has 0 spiro atoms. The Balaban J connectivity index is 1.53. The number of carbonyl (C=O) groups is 1. The molecule has 3 heterocycles. The maximum atomic E-state index is 13.0. The molecule has 0 radical (unpaired) electrons. The van der Waals surface area contributed by atoms with Crippen molar-refractivity contribution in [3.05, 3.63) is 54.5 Å². The summed E-state index contributed by atoms with van der Waals surface area (Å²) < 4.78 is 1.70. The lowest BCUT2D eigenvalue weighted by Gasteiger charge is -2.34. The van der Waals surface area contributed by atoms with Crippen molar-refractivity contribution in [3.8, 4) is 11.3 Å². The van der Waals surface area contributed by atoms with E-state index in [1.54, 1.807) is 10.9 Å². The first kappa shape index (κ1) is 15.4. The van der Waals surface area contributed by atoms with E-state index in [1.165, 1.54) is 0 Å². The second kappa shape index (κ2) is 6.43. The molecule has 4 rings (SSSR count). The Hall–Kier alpha value is -3.09. The maximum Gasteiger partial charge on any atom is 0.257 e. The van der Waals surface area contributed by atoms with Gasteiger partial charge in [0.1, 0.15) is 5.69 Å². The van der Waals surface area contributed by atoms with Crippen LogP contribution in [0, 0.1) is 0 Å². The molecule has 0 aliphatic carbocycles. The molecule has 7 nitrogen and oxygen atoms in total. The highest BCUT2D eigenvalue weighted by Crippen LogP contribution is 2.23. The van der Waals surface area contributed by atoms with Crippen LogP contribution in [0.15, 0.2) is 48.9 Å². The van der Waals surface area contributed by atoms with Gasteiger partial charge in [0.2, 0.25) is 5.95 Å². The van der Waals surface area contributed by atoms with Gasteiger partial charge in [0.25, 0.3) is 5.91 Å². The average Bonchev–Trinajstić information content (AvgIpc) is 3.32. The number of piperazine rings is 1. The first-order valence-corrected chi connectivity index (χ1v) is 8.35. The Bertz CT molecular complexity index is 847. The van der Waals surface area contributed by atoms with Crippen LogP contribution in [0.25, 0.3) is 11.3 Å². The third-order valence-corrected chi connectivity index (χ3v) is 4.46. The summed E-state index contributed by atoms with van der Waals surface area (Å²) in [6, 6.07) is 9.84. The molecule has 7 heteroatoms. The van der Waals surface area contributed by atoms with Gasteiger partial charge in [-0.1, -0.05) is 30.3 Å². The molecule has 0 atom stereocenters. The number of hydrogen-bond acceptors (Lipinski definition) is 4. The van der Waals surface area contributed by atoms with Gasteiger partial charge in [-0.2, -0.15) is 5.10 Å². The van der Waals surface area contributed by atoms with Gasteiger partial charge in [-0.25, -0.2) is 4.98 Å². The topological polar surface area (TPSA) is 70.1 Å². The number of aryl methyl sites for hydroxylation is 1. The minimum absolute atomic E-state index is 0.0334. The van der Waals surface area contributed by atoms with E-state index >= 15 is 0 Å². The molecule has 128 valence electrons. The summed E-state index contributed by atoms with van der Waals surface area (Å²) in [6.45, 7) is 2.87. The minimum atomic E-state index is 0.0334. The molecule has 25 heavy (non-hydrogen) atoms. The minimum Gasteiger partial charge on any atom is -0.339 e. The summed E-state index contributed by atoms with van der Waals surface area (Å²) in [7, 11) is 1.85. The zero-order valence-electron chi connectivity index (χ0n) is 14.1. The van der Waals surface area contributed by atoms with Crippen molar-refractivity contribution < 1.29 is 4.79 Å². The van der Waals surface area contributed by atoms with Crippen LogP contribution in [0.1, 0.15) is 10.4 Å². The first-order chi connectivity index (χ1) is 12.2. The lowest BCUT2D eigenvalue weighted by molar-refractivity contribution is 0.0747. The number of aromatic amines is 1. The number of imidazole rings is 1. The second-order valence-corrected chi connectivity index (χ2v) is 6.12. The Morgan fingerprint density at radius 3 is 2.56 bits per heavy atom. The summed E-state index contributed by atoms with van der Waals surface area (Å²) in [5.41, 5.74) is 2.35. The fraction of sp³-hybridized carbons (Fsp3) is 0.278. The van der Waals surface area contributed by atoms with Gasteiger partial charge >= 0.3 is 0 Å². The number of amides is 1.